The number of aromatic carboxylic acids is 1. The standard InChI is InChI=1S/C11H8FNO3/c1-6-2-3-7(4-9(6)12)10-8(11(14)15)5-13-16-10/h2-5H,1H3,(H,14,15). The molecule has 0 aliphatic heterocycles. The minimum Gasteiger partial charge on any atom is -0.477 e. The van der Waals surface area contributed by atoms with E-state index in [4.69, 9.17) is 9.63 Å². The zero-order valence-corrected chi connectivity index (χ0v) is 8.40. The van der Waals surface area contributed by atoms with Crippen molar-refractivity contribution in [2.75, 3.05) is 0 Å². The quantitative estimate of drug-likeness (QED) is 0.846. The number of hydrogen-bond donors (Lipinski definition) is 1. The van der Waals surface area contributed by atoms with Crippen molar-refractivity contribution < 1.29 is 18.8 Å². The van der Waals surface area contributed by atoms with Gasteiger partial charge in [-0.05, 0) is 18.6 Å². The second-order valence-corrected chi connectivity index (χ2v) is 3.34. The summed E-state index contributed by atoms with van der Waals surface area (Å²) in [4.78, 5) is 10.8. The van der Waals surface area contributed by atoms with Crippen LogP contribution in [0.3, 0.4) is 0 Å². The molecule has 82 valence electrons. The predicted octanol–water partition coefficient (Wildman–Crippen LogP) is 2.49. The third kappa shape index (κ3) is 1.67. The van der Waals surface area contributed by atoms with Crippen LogP contribution < -0.4 is 0 Å². The molecular formula is C11H8FNO3. The summed E-state index contributed by atoms with van der Waals surface area (Å²) in [6.45, 7) is 1.62. The van der Waals surface area contributed by atoms with Gasteiger partial charge in [0, 0.05) is 5.56 Å². The van der Waals surface area contributed by atoms with E-state index in [0.717, 1.165) is 6.20 Å². The number of benzene rings is 1. The Morgan fingerprint density at radius 1 is 1.50 bits per heavy atom. The van der Waals surface area contributed by atoms with Gasteiger partial charge in [0.15, 0.2) is 5.76 Å². The van der Waals surface area contributed by atoms with E-state index in [9.17, 15) is 9.18 Å². The summed E-state index contributed by atoms with van der Waals surface area (Å²) < 4.78 is 18.1. The molecule has 0 aliphatic rings. The highest BCUT2D eigenvalue weighted by atomic mass is 19.1. The van der Waals surface area contributed by atoms with Crippen LogP contribution in [-0.2, 0) is 0 Å². The number of aromatic nitrogens is 1. The molecule has 0 amide bonds. The maximum absolute atomic E-state index is 13.3. The van der Waals surface area contributed by atoms with Crippen LogP contribution in [0, 0.1) is 12.7 Å². The van der Waals surface area contributed by atoms with Gasteiger partial charge in [-0.2, -0.15) is 0 Å². The van der Waals surface area contributed by atoms with Crippen molar-refractivity contribution in [3.05, 3.63) is 41.3 Å². The Morgan fingerprint density at radius 3 is 2.88 bits per heavy atom. The number of nitrogens with zero attached hydrogens (tertiary/aromatic N) is 1. The van der Waals surface area contributed by atoms with E-state index in [2.05, 4.69) is 5.16 Å². The molecule has 4 nitrogen and oxygen atoms in total. The summed E-state index contributed by atoms with van der Waals surface area (Å²) in [6.07, 6.45) is 1.09. The predicted molar refractivity (Wildman–Crippen MR) is 53.6 cm³/mol. The van der Waals surface area contributed by atoms with Crippen molar-refractivity contribution in [1.82, 2.24) is 5.16 Å². The third-order valence-electron chi connectivity index (χ3n) is 2.23. The Balaban J connectivity index is 2.54. The van der Waals surface area contributed by atoms with Crippen LogP contribution in [-0.4, -0.2) is 16.2 Å². The van der Waals surface area contributed by atoms with Gasteiger partial charge in [-0.3, -0.25) is 0 Å². The first kappa shape index (κ1) is 10.4. The van der Waals surface area contributed by atoms with Crippen molar-refractivity contribution in [3.63, 3.8) is 0 Å². The molecule has 16 heavy (non-hydrogen) atoms. The van der Waals surface area contributed by atoms with Crippen molar-refractivity contribution in [2.45, 2.75) is 6.92 Å². The lowest BCUT2D eigenvalue weighted by Crippen LogP contribution is -1.96. The molecule has 0 atom stereocenters. The number of carboxylic acid groups (broad SMARTS) is 1. The topological polar surface area (TPSA) is 63.3 Å². The summed E-state index contributed by atoms with van der Waals surface area (Å²) >= 11 is 0. The van der Waals surface area contributed by atoms with Crippen molar-refractivity contribution in [2.24, 2.45) is 0 Å². The van der Waals surface area contributed by atoms with Gasteiger partial charge in [0.1, 0.15) is 11.4 Å². The molecule has 2 rings (SSSR count). The number of hydrogen-bond acceptors (Lipinski definition) is 3. The fourth-order valence-electron chi connectivity index (χ4n) is 1.33. The van der Waals surface area contributed by atoms with Crippen LogP contribution >= 0.6 is 0 Å². The lowest BCUT2D eigenvalue weighted by Gasteiger charge is -2.00. The van der Waals surface area contributed by atoms with Gasteiger partial charge in [0.2, 0.25) is 0 Å². The van der Waals surface area contributed by atoms with Gasteiger partial charge in [0.05, 0.1) is 6.20 Å². The first-order valence-electron chi connectivity index (χ1n) is 4.54. The summed E-state index contributed by atoms with van der Waals surface area (Å²) in [5.41, 5.74) is 0.765. The van der Waals surface area contributed by atoms with Crippen LogP contribution in [0.5, 0.6) is 0 Å². The number of rotatable bonds is 2. The van der Waals surface area contributed by atoms with Gasteiger partial charge < -0.3 is 9.63 Å². The van der Waals surface area contributed by atoms with E-state index in [1.54, 1.807) is 19.1 Å². The highest BCUT2D eigenvalue weighted by Crippen LogP contribution is 2.25. The highest BCUT2D eigenvalue weighted by molar-refractivity contribution is 5.93. The first-order valence-corrected chi connectivity index (χ1v) is 4.54. The maximum Gasteiger partial charge on any atom is 0.341 e. The van der Waals surface area contributed by atoms with Crippen LogP contribution in [0.15, 0.2) is 28.9 Å². The Morgan fingerprint density at radius 2 is 2.25 bits per heavy atom. The fraction of sp³-hybridized carbons (Fsp3) is 0.0909. The molecule has 1 heterocycles. The molecule has 5 heteroatoms. The Labute approximate surface area is 90.3 Å². The van der Waals surface area contributed by atoms with E-state index in [1.165, 1.54) is 6.07 Å². The average Bonchev–Trinajstić information content (AvgIpc) is 2.71. The van der Waals surface area contributed by atoms with Crippen molar-refractivity contribution in [1.29, 1.82) is 0 Å². The Hall–Kier alpha value is -2.17. The SMILES string of the molecule is Cc1ccc(-c2oncc2C(=O)O)cc1F. The van der Waals surface area contributed by atoms with E-state index < -0.39 is 11.8 Å². The van der Waals surface area contributed by atoms with Gasteiger partial charge in [-0.1, -0.05) is 17.3 Å². The Kier molecular flexibility index (Phi) is 2.44. The van der Waals surface area contributed by atoms with Gasteiger partial charge in [-0.15, -0.1) is 0 Å². The van der Waals surface area contributed by atoms with Crippen LogP contribution in [0.1, 0.15) is 15.9 Å². The molecule has 1 aromatic carbocycles. The molecule has 0 saturated heterocycles. The maximum atomic E-state index is 13.3. The normalized spacial score (nSPS) is 10.4. The average molecular weight is 221 g/mol. The minimum absolute atomic E-state index is 0.0615. The summed E-state index contributed by atoms with van der Waals surface area (Å²) in [7, 11) is 0. The van der Waals surface area contributed by atoms with Crippen molar-refractivity contribution in [3.8, 4) is 11.3 Å². The lowest BCUT2D eigenvalue weighted by atomic mass is 10.1. The van der Waals surface area contributed by atoms with E-state index >= 15 is 0 Å². The zero-order chi connectivity index (χ0) is 11.7. The second-order valence-electron chi connectivity index (χ2n) is 3.34. The van der Waals surface area contributed by atoms with E-state index in [-0.39, 0.29) is 11.3 Å². The van der Waals surface area contributed by atoms with E-state index in [0.29, 0.717) is 11.1 Å². The Bertz CT molecular complexity index is 548. The molecule has 0 saturated carbocycles. The second kappa shape index (κ2) is 3.77. The monoisotopic (exact) mass is 221 g/mol. The molecule has 0 aliphatic carbocycles. The largest absolute Gasteiger partial charge is 0.477 e. The molecule has 1 N–H and O–H groups in total. The summed E-state index contributed by atoms with van der Waals surface area (Å²) in [6, 6.07) is 4.37. The van der Waals surface area contributed by atoms with Crippen LogP contribution in [0.4, 0.5) is 4.39 Å². The molecule has 0 bridgehead atoms. The number of carbonyl (C=O) groups is 1. The molecule has 2 aromatic rings. The van der Waals surface area contributed by atoms with Crippen molar-refractivity contribution >= 4 is 5.97 Å². The summed E-state index contributed by atoms with van der Waals surface area (Å²) in [5, 5.41) is 12.2. The highest BCUT2D eigenvalue weighted by Gasteiger charge is 2.17. The zero-order valence-electron chi connectivity index (χ0n) is 8.40. The summed E-state index contributed by atoms with van der Waals surface area (Å²) in [5.74, 6) is -1.51. The van der Waals surface area contributed by atoms with Gasteiger partial charge in [-0.25, -0.2) is 9.18 Å². The van der Waals surface area contributed by atoms with Gasteiger partial charge >= 0.3 is 5.97 Å². The molecule has 0 spiro atoms. The number of halogens is 1. The smallest absolute Gasteiger partial charge is 0.341 e. The molecular weight excluding hydrogens is 213 g/mol. The molecule has 0 radical (unpaired) electrons. The van der Waals surface area contributed by atoms with Gasteiger partial charge in [0.25, 0.3) is 0 Å². The van der Waals surface area contributed by atoms with E-state index in [1.807, 2.05) is 0 Å². The minimum atomic E-state index is -1.16. The number of carboxylic acids is 1. The molecule has 0 unspecified atom stereocenters. The fourth-order valence-corrected chi connectivity index (χ4v) is 1.33. The molecule has 1 aromatic heterocycles. The number of aryl methyl sites for hydroxylation is 1. The first-order chi connectivity index (χ1) is 7.59. The van der Waals surface area contributed by atoms with Crippen LogP contribution in [0.25, 0.3) is 11.3 Å². The molecule has 0 fully saturated rings. The lowest BCUT2D eigenvalue weighted by molar-refractivity contribution is 0.0697. The van der Waals surface area contributed by atoms with Crippen LogP contribution in [0.2, 0.25) is 0 Å². The third-order valence-corrected chi connectivity index (χ3v) is 2.23.